The monoisotopic (exact) mass is 329 g/mol. The predicted octanol–water partition coefficient (Wildman–Crippen LogP) is 3.13. The Morgan fingerprint density at radius 2 is 2.17 bits per heavy atom. The van der Waals surface area contributed by atoms with Gasteiger partial charge in [0, 0.05) is 18.3 Å². The number of imidazole rings is 1. The maximum atomic E-state index is 11.2. The van der Waals surface area contributed by atoms with Crippen LogP contribution in [-0.2, 0) is 11.3 Å². The predicted molar refractivity (Wildman–Crippen MR) is 88.6 cm³/mol. The normalized spacial score (nSPS) is 10.8. The van der Waals surface area contributed by atoms with E-state index in [1.54, 1.807) is 5.51 Å². The summed E-state index contributed by atoms with van der Waals surface area (Å²) in [6.07, 6.45) is 1.75. The Morgan fingerprint density at radius 3 is 2.96 bits per heavy atom. The summed E-state index contributed by atoms with van der Waals surface area (Å²) in [5, 5.41) is 4.35. The second kappa shape index (κ2) is 7.10. The van der Waals surface area contributed by atoms with Gasteiger partial charge in [0.2, 0.25) is 5.91 Å². The van der Waals surface area contributed by atoms with Crippen molar-refractivity contribution in [3.63, 3.8) is 0 Å². The number of para-hydroxylation sites is 2. The molecular weight excluding hydrogens is 314 g/mol. The number of aromatic nitrogens is 3. The molecule has 0 aliphatic rings. The molecule has 1 aromatic carbocycles. The summed E-state index contributed by atoms with van der Waals surface area (Å²) in [5.74, 6) is 0.488. The quantitative estimate of drug-likeness (QED) is 0.410. The average molecular weight is 329 g/mol. The molecular formula is C15H15N5O2S. The van der Waals surface area contributed by atoms with Crippen LogP contribution in [0.15, 0.2) is 40.4 Å². The number of aryl methyl sites for hydroxylation is 1. The minimum atomic E-state index is -0.352. The van der Waals surface area contributed by atoms with Gasteiger partial charge in [0.25, 0.3) is 0 Å². The Morgan fingerprint density at radius 1 is 1.30 bits per heavy atom. The number of nitrogens with one attached hydrogen (secondary N) is 1. The summed E-state index contributed by atoms with van der Waals surface area (Å²) in [5.41, 5.74) is 6.53. The van der Waals surface area contributed by atoms with Crippen molar-refractivity contribution in [1.82, 2.24) is 20.0 Å². The van der Waals surface area contributed by atoms with Gasteiger partial charge in [-0.15, -0.1) is 16.2 Å². The first kappa shape index (κ1) is 15.3. The lowest BCUT2D eigenvalue weighted by molar-refractivity contribution is -0.121. The Labute approximate surface area is 136 Å². The molecule has 0 saturated heterocycles. The molecule has 2 heterocycles. The van der Waals surface area contributed by atoms with Gasteiger partial charge in [0.15, 0.2) is 5.82 Å². The molecule has 0 bridgehead atoms. The minimum absolute atomic E-state index is 0.282. The molecule has 0 aliphatic heterocycles. The number of hydrogen-bond acceptors (Lipinski definition) is 6. The summed E-state index contributed by atoms with van der Waals surface area (Å²) in [6.45, 7) is 0.731. The van der Waals surface area contributed by atoms with E-state index in [0.29, 0.717) is 6.42 Å². The first-order valence-electron chi connectivity index (χ1n) is 7.24. The second-order valence-electron chi connectivity index (χ2n) is 5.03. The molecule has 0 aliphatic carbocycles. The van der Waals surface area contributed by atoms with Crippen LogP contribution >= 0.6 is 11.3 Å². The summed E-state index contributed by atoms with van der Waals surface area (Å²) >= 11 is 1.53. The molecule has 3 rings (SSSR count). The Kier molecular flexibility index (Phi) is 4.72. The van der Waals surface area contributed by atoms with Crippen molar-refractivity contribution < 1.29 is 4.79 Å². The number of carbonyl (C=O) groups excluding carboxylic acids is 1. The molecule has 23 heavy (non-hydrogen) atoms. The average Bonchev–Trinajstić information content (AvgIpc) is 3.19. The van der Waals surface area contributed by atoms with E-state index in [2.05, 4.69) is 19.8 Å². The summed E-state index contributed by atoms with van der Waals surface area (Å²) < 4.78 is 2.13. The Hall–Kier alpha value is -2.61. The first-order valence-corrected chi connectivity index (χ1v) is 8.19. The fraction of sp³-hybridized carbons (Fsp3) is 0.267. The van der Waals surface area contributed by atoms with Gasteiger partial charge in [-0.1, -0.05) is 12.1 Å². The van der Waals surface area contributed by atoms with E-state index >= 15 is 0 Å². The van der Waals surface area contributed by atoms with E-state index in [-0.39, 0.29) is 12.3 Å². The molecule has 0 unspecified atom stereocenters. The lowest BCUT2D eigenvalue weighted by Crippen LogP contribution is -2.15. The molecule has 118 valence electrons. The Bertz CT molecular complexity index is 813. The molecule has 2 aromatic heterocycles. The zero-order valence-electron chi connectivity index (χ0n) is 12.3. The third-order valence-electron chi connectivity index (χ3n) is 3.52. The van der Waals surface area contributed by atoms with Crippen LogP contribution in [0.2, 0.25) is 0 Å². The van der Waals surface area contributed by atoms with Crippen LogP contribution in [-0.4, -0.2) is 20.4 Å². The maximum absolute atomic E-state index is 11.2. The lowest BCUT2D eigenvalue weighted by atomic mass is 10.2. The van der Waals surface area contributed by atoms with Crippen LogP contribution in [0.5, 0.6) is 0 Å². The van der Waals surface area contributed by atoms with Crippen LogP contribution in [0.1, 0.15) is 19.3 Å². The van der Waals surface area contributed by atoms with Gasteiger partial charge >= 0.3 is 0 Å². The van der Waals surface area contributed by atoms with Crippen molar-refractivity contribution in [2.24, 2.45) is 5.29 Å². The highest BCUT2D eigenvalue weighted by molar-refractivity contribution is 7.07. The number of thiazole rings is 1. The van der Waals surface area contributed by atoms with Gasteiger partial charge in [-0.3, -0.25) is 4.79 Å². The number of rotatable bonds is 7. The van der Waals surface area contributed by atoms with Gasteiger partial charge in [-0.05, 0) is 25.0 Å². The molecule has 0 fully saturated rings. The first-order chi connectivity index (χ1) is 11.3. The summed E-state index contributed by atoms with van der Waals surface area (Å²) in [6, 6.07) is 7.95. The van der Waals surface area contributed by atoms with Gasteiger partial charge in [-0.25, -0.2) is 15.4 Å². The number of nitroso groups, excluding NO2 is 1. The number of hydrogen-bond donors (Lipinski definition) is 1. The van der Waals surface area contributed by atoms with Crippen LogP contribution in [0.25, 0.3) is 22.6 Å². The van der Waals surface area contributed by atoms with Crippen molar-refractivity contribution in [1.29, 1.82) is 0 Å². The lowest BCUT2D eigenvalue weighted by Gasteiger charge is -2.07. The fourth-order valence-electron chi connectivity index (χ4n) is 2.48. The molecule has 1 amide bonds. The summed E-state index contributed by atoms with van der Waals surface area (Å²) in [7, 11) is 0. The topological polar surface area (TPSA) is 89.2 Å². The smallest absolute Gasteiger partial charge is 0.242 e. The molecule has 1 N–H and O–H groups in total. The van der Waals surface area contributed by atoms with E-state index < -0.39 is 0 Å². The van der Waals surface area contributed by atoms with Gasteiger partial charge < -0.3 is 4.57 Å². The van der Waals surface area contributed by atoms with Crippen LogP contribution in [0.4, 0.5) is 0 Å². The van der Waals surface area contributed by atoms with E-state index in [9.17, 15) is 9.70 Å². The zero-order chi connectivity index (χ0) is 16.1. The van der Waals surface area contributed by atoms with E-state index in [1.165, 1.54) is 11.3 Å². The molecule has 7 nitrogen and oxygen atoms in total. The largest absolute Gasteiger partial charge is 0.323 e. The third kappa shape index (κ3) is 3.42. The number of carbonyl (C=O) groups is 1. The van der Waals surface area contributed by atoms with E-state index in [1.807, 2.05) is 35.1 Å². The molecule has 0 radical (unpaired) electrons. The van der Waals surface area contributed by atoms with Gasteiger partial charge in [-0.2, -0.15) is 0 Å². The minimum Gasteiger partial charge on any atom is -0.323 e. The maximum Gasteiger partial charge on any atom is 0.242 e. The Balaban J connectivity index is 1.77. The van der Waals surface area contributed by atoms with Crippen LogP contribution < -0.4 is 5.43 Å². The molecule has 3 aromatic rings. The molecule has 8 heteroatoms. The number of amides is 1. The van der Waals surface area contributed by atoms with Crippen molar-refractivity contribution in [3.05, 3.63) is 40.1 Å². The van der Waals surface area contributed by atoms with Crippen molar-refractivity contribution in [3.8, 4) is 11.5 Å². The number of unbranched alkanes of at least 4 members (excludes halogenated alkanes) is 1. The highest BCUT2D eigenvalue weighted by Crippen LogP contribution is 2.25. The molecule has 0 atom stereocenters. The number of nitrogens with zero attached hydrogens (tertiary/aromatic N) is 4. The third-order valence-corrected chi connectivity index (χ3v) is 4.11. The zero-order valence-corrected chi connectivity index (χ0v) is 13.1. The van der Waals surface area contributed by atoms with Gasteiger partial charge in [0.1, 0.15) is 5.69 Å². The molecule has 0 saturated carbocycles. The molecule has 0 spiro atoms. The highest BCUT2D eigenvalue weighted by atomic mass is 32.1. The van der Waals surface area contributed by atoms with Crippen molar-refractivity contribution in [2.75, 3.05) is 0 Å². The van der Waals surface area contributed by atoms with E-state index in [0.717, 1.165) is 35.5 Å². The van der Waals surface area contributed by atoms with Crippen molar-refractivity contribution in [2.45, 2.75) is 25.8 Å². The highest BCUT2D eigenvalue weighted by Gasteiger charge is 2.13. The van der Waals surface area contributed by atoms with Gasteiger partial charge in [0.05, 0.1) is 21.8 Å². The van der Waals surface area contributed by atoms with Crippen LogP contribution in [0.3, 0.4) is 0 Å². The summed E-state index contributed by atoms with van der Waals surface area (Å²) in [4.78, 5) is 30.2. The van der Waals surface area contributed by atoms with Crippen LogP contribution in [0, 0.1) is 4.91 Å². The second-order valence-corrected chi connectivity index (χ2v) is 5.75. The number of benzene rings is 1. The standard InChI is InChI=1S/C15H15N5O2S/c21-14(18-19-22)7-3-4-8-20-13-6-2-1-5-11(13)17-15(20)12-9-23-10-16-12/h1-2,5-6,9-10H,3-4,7-8H2,(H,18,21,22). The SMILES string of the molecule is O=NNC(=O)CCCCn1c(-c2cscn2)nc2ccccc21. The van der Waals surface area contributed by atoms with Crippen molar-refractivity contribution >= 4 is 28.3 Å². The number of fused-ring (bicyclic) bond motifs is 1. The van der Waals surface area contributed by atoms with E-state index in [4.69, 9.17) is 0 Å². The fourth-order valence-corrected chi connectivity index (χ4v) is 3.01.